The molecule has 0 saturated carbocycles. The highest BCUT2D eigenvalue weighted by Gasteiger charge is 2.13. The van der Waals surface area contributed by atoms with E-state index in [2.05, 4.69) is 34.6 Å². The number of hydrogen-bond donors (Lipinski definition) is 0. The van der Waals surface area contributed by atoms with Gasteiger partial charge in [-0.25, -0.2) is 4.31 Å². The first-order valence-electron chi connectivity index (χ1n) is 5.93. The summed E-state index contributed by atoms with van der Waals surface area (Å²) in [6.07, 6.45) is 1.36. The van der Waals surface area contributed by atoms with Crippen LogP contribution in [0.3, 0.4) is 0 Å². The van der Waals surface area contributed by atoms with Gasteiger partial charge < -0.3 is 0 Å². The van der Waals surface area contributed by atoms with Crippen LogP contribution in [0.1, 0.15) is 34.1 Å². The van der Waals surface area contributed by atoms with E-state index in [9.17, 15) is 0 Å². The van der Waals surface area contributed by atoms with Gasteiger partial charge in [0.1, 0.15) is 0 Å². The Balaban J connectivity index is 0.000000442. The van der Waals surface area contributed by atoms with E-state index >= 15 is 0 Å². The van der Waals surface area contributed by atoms with Crippen molar-refractivity contribution in [2.45, 2.75) is 39.0 Å². The van der Waals surface area contributed by atoms with Crippen LogP contribution in [0.2, 0.25) is 0 Å². The summed E-state index contributed by atoms with van der Waals surface area (Å²) in [6, 6.07) is 10.5. The van der Waals surface area contributed by atoms with Gasteiger partial charge in [-0.05, 0) is 30.5 Å². The fraction of sp³-hybridized carbons (Fsp3) is 0.538. The summed E-state index contributed by atoms with van der Waals surface area (Å²) in [5.74, 6) is 0. The van der Waals surface area contributed by atoms with Crippen LogP contribution < -0.4 is 0 Å². The van der Waals surface area contributed by atoms with Crippen molar-refractivity contribution < 1.29 is 0 Å². The molecule has 1 heterocycles. The number of benzene rings is 1. The van der Waals surface area contributed by atoms with Crippen LogP contribution in [-0.2, 0) is 0 Å². The molecule has 1 aliphatic rings. The molecule has 0 aliphatic carbocycles. The van der Waals surface area contributed by atoms with E-state index in [1.807, 2.05) is 39.6 Å². The second kappa shape index (κ2) is 10.1. The van der Waals surface area contributed by atoms with Crippen molar-refractivity contribution in [2.75, 3.05) is 13.1 Å². The summed E-state index contributed by atoms with van der Waals surface area (Å²) < 4.78 is 2.38. The van der Waals surface area contributed by atoms with E-state index in [1.165, 1.54) is 24.4 Å². The largest absolute Gasteiger partial charge is 0.246 e. The number of rotatable bonds is 2. The molecule has 0 unspecified atom stereocenters. The maximum absolute atomic E-state index is 2.38. The first-order chi connectivity index (χ1) is 7.45. The van der Waals surface area contributed by atoms with Gasteiger partial charge in [-0.15, -0.1) is 0 Å². The quantitative estimate of drug-likeness (QED) is 0.684. The second-order valence-corrected chi connectivity index (χ2v) is 3.86. The third kappa shape index (κ3) is 5.85. The molecule has 1 nitrogen and oxygen atoms in total. The summed E-state index contributed by atoms with van der Waals surface area (Å²) in [5, 5.41) is 0. The Morgan fingerprint density at radius 1 is 0.933 bits per heavy atom. The van der Waals surface area contributed by atoms with Gasteiger partial charge in [-0.2, -0.15) is 0 Å². The van der Waals surface area contributed by atoms with E-state index in [0.29, 0.717) is 0 Å². The summed E-state index contributed by atoms with van der Waals surface area (Å²) >= 11 is 1.86. The van der Waals surface area contributed by atoms with Gasteiger partial charge in [0, 0.05) is 18.0 Å². The van der Waals surface area contributed by atoms with Gasteiger partial charge >= 0.3 is 0 Å². The van der Waals surface area contributed by atoms with Gasteiger partial charge in [-0.3, -0.25) is 0 Å². The Kier molecular flexibility index (Phi) is 9.75. The number of hydrogen-bond acceptors (Lipinski definition) is 2. The zero-order valence-corrected chi connectivity index (χ0v) is 11.2. The van der Waals surface area contributed by atoms with Crippen molar-refractivity contribution >= 4 is 11.9 Å². The third-order valence-electron chi connectivity index (χ3n) is 1.79. The minimum absolute atomic E-state index is 1.25. The summed E-state index contributed by atoms with van der Waals surface area (Å²) in [7, 11) is 0. The lowest BCUT2D eigenvalue weighted by atomic mass is 10.3. The van der Waals surface area contributed by atoms with Gasteiger partial charge in [0.05, 0.1) is 0 Å². The second-order valence-electron chi connectivity index (χ2n) is 2.69. The lowest BCUT2D eigenvalue weighted by Gasteiger charge is -2.28. The zero-order valence-electron chi connectivity index (χ0n) is 10.4. The van der Waals surface area contributed by atoms with E-state index < -0.39 is 0 Å². The Labute approximate surface area is 99.0 Å². The monoisotopic (exact) mass is 225 g/mol. The smallest absolute Gasteiger partial charge is 0.0230 e. The molecule has 0 aromatic heterocycles. The molecule has 1 saturated heterocycles. The fourth-order valence-corrected chi connectivity index (χ4v) is 2.03. The zero-order chi connectivity index (χ0) is 11.5. The topological polar surface area (TPSA) is 3.24 Å². The van der Waals surface area contributed by atoms with Crippen LogP contribution in [0.25, 0.3) is 0 Å². The molecule has 15 heavy (non-hydrogen) atoms. The SMILES string of the molecule is CC.CC.c1ccc(SN2CCC2)cc1. The molecule has 2 rings (SSSR count). The first-order valence-corrected chi connectivity index (χ1v) is 6.70. The van der Waals surface area contributed by atoms with Crippen LogP contribution in [0, 0.1) is 0 Å². The molecule has 1 aromatic carbocycles. The normalized spacial score (nSPS) is 13.9. The lowest BCUT2D eigenvalue weighted by molar-refractivity contribution is 0.344. The van der Waals surface area contributed by atoms with Gasteiger partial charge in [0.2, 0.25) is 0 Å². The van der Waals surface area contributed by atoms with Crippen molar-refractivity contribution in [3.63, 3.8) is 0 Å². The van der Waals surface area contributed by atoms with Crippen molar-refractivity contribution in [3.8, 4) is 0 Å². The molecular weight excluding hydrogens is 202 g/mol. The molecule has 1 aromatic rings. The highest BCUT2D eigenvalue weighted by molar-refractivity contribution is 7.97. The van der Waals surface area contributed by atoms with Crippen LogP contribution in [-0.4, -0.2) is 17.4 Å². The molecule has 0 radical (unpaired) electrons. The summed E-state index contributed by atoms with van der Waals surface area (Å²) in [6.45, 7) is 10.5. The Morgan fingerprint density at radius 3 is 1.87 bits per heavy atom. The molecule has 86 valence electrons. The molecule has 0 amide bonds. The van der Waals surface area contributed by atoms with Crippen LogP contribution in [0.5, 0.6) is 0 Å². The Morgan fingerprint density at radius 2 is 1.47 bits per heavy atom. The molecule has 0 spiro atoms. The van der Waals surface area contributed by atoms with Gasteiger partial charge in [0.25, 0.3) is 0 Å². The molecule has 0 bridgehead atoms. The average Bonchev–Trinajstić information content (AvgIpc) is 2.31. The predicted octanol–water partition coefficient (Wildman–Crippen LogP) is 4.45. The molecule has 2 heteroatoms. The van der Waals surface area contributed by atoms with Crippen molar-refractivity contribution in [2.24, 2.45) is 0 Å². The van der Waals surface area contributed by atoms with Crippen molar-refractivity contribution in [1.82, 2.24) is 4.31 Å². The number of nitrogens with zero attached hydrogens (tertiary/aromatic N) is 1. The minimum Gasteiger partial charge on any atom is -0.246 e. The molecular formula is C13H23NS. The van der Waals surface area contributed by atoms with E-state index in [4.69, 9.17) is 0 Å². The fourth-order valence-electron chi connectivity index (χ4n) is 1.01. The van der Waals surface area contributed by atoms with E-state index in [-0.39, 0.29) is 0 Å². The maximum Gasteiger partial charge on any atom is 0.0230 e. The Bertz CT molecular complexity index is 219. The molecule has 1 aliphatic heterocycles. The maximum atomic E-state index is 2.38. The molecule has 0 atom stereocenters. The average molecular weight is 225 g/mol. The van der Waals surface area contributed by atoms with Crippen LogP contribution in [0.15, 0.2) is 35.2 Å². The highest BCUT2D eigenvalue weighted by atomic mass is 32.2. The van der Waals surface area contributed by atoms with Crippen LogP contribution in [0.4, 0.5) is 0 Å². The first kappa shape index (κ1) is 14.5. The van der Waals surface area contributed by atoms with Gasteiger partial charge in [-0.1, -0.05) is 45.9 Å². The van der Waals surface area contributed by atoms with E-state index in [1.54, 1.807) is 0 Å². The minimum atomic E-state index is 1.25. The van der Waals surface area contributed by atoms with Gasteiger partial charge in [0.15, 0.2) is 0 Å². The Hall–Kier alpha value is -0.470. The van der Waals surface area contributed by atoms with Crippen molar-refractivity contribution in [3.05, 3.63) is 30.3 Å². The lowest BCUT2D eigenvalue weighted by Crippen LogP contribution is -2.30. The molecule has 1 fully saturated rings. The standard InChI is InChI=1S/C9H11NS.2C2H6/c1-2-5-9(6-3-1)11-10-7-4-8-10;2*1-2/h1-3,5-6H,4,7-8H2;2*1-2H3. The van der Waals surface area contributed by atoms with E-state index in [0.717, 1.165) is 0 Å². The van der Waals surface area contributed by atoms with Crippen LogP contribution >= 0.6 is 11.9 Å². The predicted molar refractivity (Wildman–Crippen MR) is 71.2 cm³/mol. The highest BCUT2D eigenvalue weighted by Crippen LogP contribution is 2.26. The van der Waals surface area contributed by atoms with Crippen molar-refractivity contribution in [1.29, 1.82) is 0 Å². The molecule has 0 N–H and O–H groups in total. The summed E-state index contributed by atoms with van der Waals surface area (Å²) in [5.41, 5.74) is 0. The third-order valence-corrected chi connectivity index (χ3v) is 2.90. The summed E-state index contributed by atoms with van der Waals surface area (Å²) in [4.78, 5) is 1.35.